The Bertz CT molecular complexity index is 150. The Labute approximate surface area is 68.7 Å². The second-order valence-electron chi connectivity index (χ2n) is 4.14. The van der Waals surface area contributed by atoms with Crippen molar-refractivity contribution >= 4 is 0 Å². The smallest absolute Gasteiger partial charge is 0.0310 e. The summed E-state index contributed by atoms with van der Waals surface area (Å²) in [7, 11) is 0. The number of fused-ring (bicyclic) bond motifs is 3. The van der Waals surface area contributed by atoms with Gasteiger partial charge < -0.3 is 10.6 Å². The largest absolute Gasteiger partial charge is 0.324 e. The van der Waals surface area contributed by atoms with Crippen LogP contribution in [0.5, 0.6) is 0 Å². The first-order valence-electron chi connectivity index (χ1n) is 4.76. The topological polar surface area (TPSA) is 29.3 Å². The van der Waals surface area contributed by atoms with Crippen LogP contribution in [0.3, 0.4) is 0 Å². The van der Waals surface area contributed by atoms with E-state index < -0.39 is 0 Å². The molecule has 3 aliphatic heterocycles. The van der Waals surface area contributed by atoms with Crippen LogP contribution in [-0.2, 0) is 0 Å². The Morgan fingerprint density at radius 2 is 2.09 bits per heavy atom. The van der Waals surface area contributed by atoms with Crippen molar-refractivity contribution in [2.45, 2.75) is 31.7 Å². The fraction of sp³-hybridized carbons (Fsp3) is 1.00. The molecule has 3 saturated heterocycles. The van der Waals surface area contributed by atoms with E-state index in [1.54, 1.807) is 0 Å². The van der Waals surface area contributed by atoms with Crippen molar-refractivity contribution in [2.75, 3.05) is 19.6 Å². The zero-order valence-electron chi connectivity index (χ0n) is 7.34. The van der Waals surface area contributed by atoms with Gasteiger partial charge in [0.15, 0.2) is 0 Å². The van der Waals surface area contributed by atoms with Crippen LogP contribution in [-0.4, -0.2) is 30.1 Å². The lowest BCUT2D eigenvalue weighted by atomic mass is 9.72. The molecule has 2 bridgehead atoms. The summed E-state index contributed by atoms with van der Waals surface area (Å²) in [4.78, 5) is 2.52. The number of rotatable bonds is 1. The molecule has 0 spiro atoms. The molecule has 0 aromatic carbocycles. The first kappa shape index (κ1) is 7.56. The molecule has 2 N–H and O–H groups in total. The van der Waals surface area contributed by atoms with Crippen LogP contribution in [0.25, 0.3) is 0 Å². The Balaban J connectivity index is 2.13. The monoisotopic (exact) mass is 154 g/mol. The highest BCUT2D eigenvalue weighted by Gasteiger charge is 2.42. The quantitative estimate of drug-likeness (QED) is 0.606. The summed E-state index contributed by atoms with van der Waals surface area (Å²) in [6.07, 6.45) is 3.82. The summed E-state index contributed by atoms with van der Waals surface area (Å²) in [5, 5.41) is 0. The molecule has 0 radical (unpaired) electrons. The molecule has 2 heteroatoms. The summed E-state index contributed by atoms with van der Waals surface area (Å²) in [6, 6.07) is 0. The van der Waals surface area contributed by atoms with Gasteiger partial charge in [-0.2, -0.15) is 0 Å². The van der Waals surface area contributed by atoms with Crippen molar-refractivity contribution in [1.82, 2.24) is 4.90 Å². The summed E-state index contributed by atoms with van der Waals surface area (Å²) >= 11 is 0. The van der Waals surface area contributed by atoms with Gasteiger partial charge in [0, 0.05) is 12.1 Å². The number of nitrogens with zero attached hydrogens (tertiary/aromatic N) is 1. The van der Waals surface area contributed by atoms with Gasteiger partial charge in [-0.05, 0) is 38.3 Å². The fourth-order valence-electron chi connectivity index (χ4n) is 2.61. The van der Waals surface area contributed by atoms with E-state index in [4.69, 9.17) is 5.73 Å². The lowest BCUT2D eigenvalue weighted by Crippen LogP contribution is -2.63. The third-order valence-electron chi connectivity index (χ3n) is 3.58. The van der Waals surface area contributed by atoms with Crippen molar-refractivity contribution in [3.8, 4) is 0 Å². The molecule has 0 saturated carbocycles. The fourth-order valence-corrected chi connectivity index (χ4v) is 2.61. The van der Waals surface area contributed by atoms with Crippen molar-refractivity contribution in [3.63, 3.8) is 0 Å². The van der Waals surface area contributed by atoms with Gasteiger partial charge in [0.25, 0.3) is 0 Å². The van der Waals surface area contributed by atoms with E-state index in [9.17, 15) is 0 Å². The number of hydrogen-bond donors (Lipinski definition) is 1. The second-order valence-corrected chi connectivity index (χ2v) is 4.14. The molecule has 3 heterocycles. The Morgan fingerprint density at radius 1 is 1.45 bits per heavy atom. The van der Waals surface area contributed by atoms with Crippen LogP contribution >= 0.6 is 0 Å². The number of hydrogen-bond acceptors (Lipinski definition) is 2. The molecule has 64 valence electrons. The van der Waals surface area contributed by atoms with Crippen molar-refractivity contribution in [1.29, 1.82) is 0 Å². The molecule has 0 aromatic heterocycles. The maximum atomic E-state index is 6.30. The highest BCUT2D eigenvalue weighted by molar-refractivity contribution is 5.00. The molecule has 3 rings (SSSR count). The minimum atomic E-state index is 0.163. The second kappa shape index (κ2) is 2.46. The number of nitrogens with two attached hydrogens (primary N) is 1. The predicted octanol–water partition coefficient (Wildman–Crippen LogP) is 0.819. The zero-order valence-corrected chi connectivity index (χ0v) is 7.34. The van der Waals surface area contributed by atoms with Gasteiger partial charge >= 0.3 is 0 Å². The molecular weight excluding hydrogens is 136 g/mol. The lowest BCUT2D eigenvalue weighted by molar-refractivity contribution is 0.0267. The molecular formula is C9H18N2. The minimum Gasteiger partial charge on any atom is -0.324 e. The van der Waals surface area contributed by atoms with E-state index >= 15 is 0 Å². The van der Waals surface area contributed by atoms with Crippen molar-refractivity contribution in [3.05, 3.63) is 0 Å². The van der Waals surface area contributed by atoms with Crippen LogP contribution in [0.1, 0.15) is 26.2 Å². The average Bonchev–Trinajstić information content (AvgIpc) is 2.06. The summed E-state index contributed by atoms with van der Waals surface area (Å²) < 4.78 is 0. The van der Waals surface area contributed by atoms with E-state index in [2.05, 4.69) is 11.8 Å². The molecule has 0 aliphatic carbocycles. The van der Waals surface area contributed by atoms with Gasteiger partial charge in [-0.15, -0.1) is 0 Å². The van der Waals surface area contributed by atoms with Crippen LogP contribution < -0.4 is 5.73 Å². The highest BCUT2D eigenvalue weighted by Crippen LogP contribution is 2.35. The van der Waals surface area contributed by atoms with Gasteiger partial charge in [0.2, 0.25) is 0 Å². The summed E-state index contributed by atoms with van der Waals surface area (Å²) in [5.74, 6) is 0.817. The zero-order chi connectivity index (χ0) is 7.90. The molecule has 3 fully saturated rings. The van der Waals surface area contributed by atoms with Crippen LogP contribution in [0.4, 0.5) is 0 Å². The molecule has 0 amide bonds. The molecule has 1 atom stereocenters. The molecule has 0 aromatic rings. The van der Waals surface area contributed by atoms with E-state index in [-0.39, 0.29) is 5.54 Å². The first-order valence-corrected chi connectivity index (χ1v) is 4.76. The van der Waals surface area contributed by atoms with Gasteiger partial charge in [0.05, 0.1) is 0 Å². The maximum absolute atomic E-state index is 6.30. The Hall–Kier alpha value is -0.0800. The third kappa shape index (κ3) is 1.09. The van der Waals surface area contributed by atoms with Crippen LogP contribution in [0.15, 0.2) is 0 Å². The SMILES string of the molecule is CC[C@@]1(N)CN2CCC1CC2. The first-order chi connectivity index (χ1) is 5.24. The van der Waals surface area contributed by atoms with Crippen molar-refractivity contribution in [2.24, 2.45) is 11.7 Å². The molecule has 3 aliphatic rings. The van der Waals surface area contributed by atoms with Crippen LogP contribution in [0, 0.1) is 5.92 Å². The van der Waals surface area contributed by atoms with Crippen molar-refractivity contribution < 1.29 is 0 Å². The standard InChI is InChI=1S/C9H18N2/c1-2-9(10)7-11-5-3-8(9)4-6-11/h8H,2-7,10H2,1H3/t9-/m1/s1. The van der Waals surface area contributed by atoms with Crippen LogP contribution in [0.2, 0.25) is 0 Å². The summed E-state index contributed by atoms with van der Waals surface area (Å²) in [5.41, 5.74) is 6.47. The molecule has 2 nitrogen and oxygen atoms in total. The van der Waals surface area contributed by atoms with Gasteiger partial charge in [0.1, 0.15) is 0 Å². The minimum absolute atomic E-state index is 0.163. The summed E-state index contributed by atoms with van der Waals surface area (Å²) in [6.45, 7) is 5.96. The highest BCUT2D eigenvalue weighted by atomic mass is 15.2. The third-order valence-corrected chi connectivity index (χ3v) is 3.58. The van der Waals surface area contributed by atoms with Gasteiger partial charge in [-0.3, -0.25) is 0 Å². The normalized spacial score (nSPS) is 49.6. The van der Waals surface area contributed by atoms with E-state index in [0.29, 0.717) is 0 Å². The Kier molecular flexibility index (Phi) is 1.69. The number of piperidine rings is 3. The van der Waals surface area contributed by atoms with Gasteiger partial charge in [-0.25, -0.2) is 0 Å². The molecule has 0 unspecified atom stereocenters. The van der Waals surface area contributed by atoms with E-state index in [1.165, 1.54) is 25.9 Å². The Morgan fingerprint density at radius 3 is 2.36 bits per heavy atom. The van der Waals surface area contributed by atoms with Gasteiger partial charge in [-0.1, -0.05) is 6.92 Å². The van der Waals surface area contributed by atoms with E-state index in [0.717, 1.165) is 18.9 Å². The van der Waals surface area contributed by atoms with E-state index in [1.807, 2.05) is 0 Å². The lowest BCUT2D eigenvalue weighted by Gasteiger charge is -2.51. The predicted molar refractivity (Wildman–Crippen MR) is 46.4 cm³/mol. The average molecular weight is 154 g/mol. The molecule has 11 heavy (non-hydrogen) atoms. The maximum Gasteiger partial charge on any atom is 0.0310 e.